The van der Waals surface area contributed by atoms with E-state index < -0.39 is 17.4 Å². The Morgan fingerprint density at radius 3 is 2.57 bits per heavy atom. The Kier molecular flexibility index (Phi) is 7.07. The number of nitrogens with zero attached hydrogens (tertiary/aromatic N) is 2. The van der Waals surface area contributed by atoms with Gasteiger partial charge in [-0.15, -0.1) is 0 Å². The van der Waals surface area contributed by atoms with Crippen molar-refractivity contribution in [1.82, 2.24) is 9.29 Å². The number of rotatable bonds is 6. The second-order valence-electron chi connectivity index (χ2n) is 8.95. The third kappa shape index (κ3) is 4.65. The number of thiol groups is 1. The van der Waals surface area contributed by atoms with E-state index in [0.717, 1.165) is 11.1 Å². The summed E-state index contributed by atoms with van der Waals surface area (Å²) in [6, 6.07) is 20.3. The molecule has 1 aliphatic rings. The van der Waals surface area contributed by atoms with Crippen LogP contribution < -0.4 is 5.32 Å². The molecular weight excluding hydrogens is 529 g/mol. The van der Waals surface area contributed by atoms with Gasteiger partial charge in [0.2, 0.25) is 5.91 Å². The molecule has 0 spiro atoms. The van der Waals surface area contributed by atoms with Gasteiger partial charge in [-0.25, -0.2) is 9.37 Å². The van der Waals surface area contributed by atoms with Crippen LogP contribution in [0.5, 0.6) is 0 Å². The Hall–Kier alpha value is -3.20. The van der Waals surface area contributed by atoms with Crippen LogP contribution in [0.2, 0.25) is 5.02 Å². The fourth-order valence-corrected chi connectivity index (χ4v) is 6.14. The molecule has 9 heteroatoms. The number of pyridine rings is 1. The lowest BCUT2D eigenvalue weighted by molar-refractivity contribution is -0.142. The number of hydrogen-bond acceptors (Lipinski definition) is 6. The number of anilines is 1. The lowest BCUT2D eigenvalue weighted by atomic mass is 9.75. The number of ketones is 1. The van der Waals surface area contributed by atoms with Crippen LogP contribution in [0.4, 0.5) is 10.2 Å². The lowest BCUT2D eigenvalue weighted by Gasteiger charge is -2.45. The molecule has 1 N–H and O–H groups in total. The Bertz CT molecular complexity index is 1450. The van der Waals surface area contributed by atoms with Gasteiger partial charge in [0, 0.05) is 17.5 Å². The monoisotopic (exact) mass is 551 g/mol. The molecule has 3 heterocycles. The molecule has 0 saturated carbocycles. The molecule has 4 aromatic rings. The summed E-state index contributed by atoms with van der Waals surface area (Å²) < 4.78 is 14.7. The van der Waals surface area contributed by atoms with Crippen LogP contribution in [0.25, 0.3) is 0 Å². The van der Waals surface area contributed by atoms with E-state index in [-0.39, 0.29) is 24.1 Å². The summed E-state index contributed by atoms with van der Waals surface area (Å²) >= 11 is 12.5. The molecule has 5 rings (SSSR count). The molecule has 3 atom stereocenters. The Balaban J connectivity index is 1.54. The molecule has 1 amide bonds. The third-order valence-corrected chi connectivity index (χ3v) is 8.26. The molecule has 0 bridgehead atoms. The average molecular weight is 552 g/mol. The number of benzene rings is 2. The zero-order valence-corrected chi connectivity index (χ0v) is 22.2. The highest BCUT2D eigenvalue weighted by Gasteiger charge is 2.53. The van der Waals surface area contributed by atoms with E-state index in [9.17, 15) is 14.0 Å². The highest BCUT2D eigenvalue weighted by molar-refractivity contribution is 7.78. The van der Waals surface area contributed by atoms with Crippen molar-refractivity contribution < 1.29 is 14.0 Å². The normalized spacial score (nSPS) is 20.6. The van der Waals surface area contributed by atoms with E-state index in [1.165, 1.54) is 27.8 Å². The zero-order chi connectivity index (χ0) is 26.2. The number of hydrogen-bond donors (Lipinski definition) is 2. The quantitative estimate of drug-likeness (QED) is 0.205. The molecule has 2 aromatic heterocycles. The molecule has 1 aliphatic heterocycles. The average Bonchev–Trinajstić information content (AvgIpc) is 3.43. The minimum Gasteiger partial charge on any atom is -0.364 e. The van der Waals surface area contributed by atoms with Crippen LogP contribution in [0.1, 0.15) is 47.7 Å². The minimum absolute atomic E-state index is 0.0150. The molecule has 2 aromatic carbocycles. The number of piperidine rings is 1. The molecule has 5 nitrogen and oxygen atoms in total. The Labute approximate surface area is 228 Å². The maximum atomic E-state index is 13.7. The fourth-order valence-electron chi connectivity index (χ4n) is 4.77. The van der Waals surface area contributed by atoms with E-state index in [0.29, 0.717) is 22.1 Å². The topological polar surface area (TPSA) is 62.3 Å². The van der Waals surface area contributed by atoms with Crippen LogP contribution in [-0.2, 0) is 15.1 Å². The van der Waals surface area contributed by atoms with Crippen molar-refractivity contribution in [2.75, 3.05) is 5.32 Å². The van der Waals surface area contributed by atoms with Crippen molar-refractivity contribution in [3.05, 3.63) is 117 Å². The third-order valence-electron chi connectivity index (χ3n) is 6.69. The fraction of sp³-hybridized carbons (Fsp3) is 0.179. The molecule has 1 fully saturated rings. The van der Waals surface area contributed by atoms with Crippen molar-refractivity contribution in [3.8, 4) is 0 Å². The number of carbonyl (C=O) groups is 2. The first-order valence-electron chi connectivity index (χ1n) is 11.6. The highest BCUT2D eigenvalue weighted by Crippen LogP contribution is 2.48. The van der Waals surface area contributed by atoms with Crippen LogP contribution in [0, 0.1) is 5.82 Å². The molecule has 3 unspecified atom stereocenters. The number of amides is 1. The SMILES string of the molecule is CC(Nc1cccc(C2(c3ccsc3)CC(=O)C(c3ccccc3Cl)C(=O)N2S)n1)c1ccc(F)cc1. The van der Waals surface area contributed by atoms with E-state index in [2.05, 4.69) is 18.1 Å². The van der Waals surface area contributed by atoms with Crippen molar-refractivity contribution in [3.63, 3.8) is 0 Å². The second kappa shape index (κ2) is 10.3. The summed E-state index contributed by atoms with van der Waals surface area (Å²) in [6.07, 6.45) is -0.0150. The first-order valence-corrected chi connectivity index (χ1v) is 13.4. The maximum absolute atomic E-state index is 13.7. The molecule has 0 aliphatic carbocycles. The number of thiophene rings is 1. The number of halogens is 2. The van der Waals surface area contributed by atoms with Gasteiger partial charge in [0.25, 0.3) is 0 Å². The summed E-state index contributed by atoms with van der Waals surface area (Å²) in [5.74, 6) is -1.51. The first-order chi connectivity index (χ1) is 17.8. The summed E-state index contributed by atoms with van der Waals surface area (Å²) in [5, 5.41) is 7.50. The van der Waals surface area contributed by atoms with Crippen molar-refractivity contribution in [1.29, 1.82) is 0 Å². The van der Waals surface area contributed by atoms with Crippen LogP contribution in [0.15, 0.2) is 83.6 Å². The standard InChI is InChI=1S/C28H23ClFN3O2S2/c1-17(18-9-11-20(30)12-10-18)31-25-8-4-7-24(32-25)28(19-13-14-37-16-19)15-23(34)26(27(35)33(28)36)21-5-2-3-6-22(21)29/h2-14,16-17,26,36H,15H2,1H3,(H,31,32). The smallest absolute Gasteiger partial charge is 0.248 e. The molecule has 0 radical (unpaired) electrons. The second-order valence-corrected chi connectivity index (χ2v) is 10.5. The maximum Gasteiger partial charge on any atom is 0.248 e. The number of nitrogens with one attached hydrogen (secondary N) is 1. The Morgan fingerprint density at radius 1 is 1.11 bits per heavy atom. The lowest BCUT2D eigenvalue weighted by Crippen LogP contribution is -2.54. The van der Waals surface area contributed by atoms with Crippen molar-refractivity contribution in [2.45, 2.75) is 30.8 Å². The number of aromatic nitrogens is 1. The summed E-state index contributed by atoms with van der Waals surface area (Å²) in [5.41, 5.74) is 1.42. The van der Waals surface area contributed by atoms with Gasteiger partial charge in [-0.1, -0.05) is 60.8 Å². The predicted octanol–water partition coefficient (Wildman–Crippen LogP) is 6.78. The Morgan fingerprint density at radius 2 is 1.86 bits per heavy atom. The van der Waals surface area contributed by atoms with Gasteiger partial charge in [-0.3, -0.25) is 13.9 Å². The van der Waals surface area contributed by atoms with Crippen molar-refractivity contribution >= 4 is 53.3 Å². The van der Waals surface area contributed by atoms with Gasteiger partial charge >= 0.3 is 0 Å². The first kappa shape index (κ1) is 25.4. The summed E-state index contributed by atoms with van der Waals surface area (Å²) in [6.45, 7) is 1.95. The van der Waals surface area contributed by atoms with Gasteiger partial charge in [0.1, 0.15) is 23.1 Å². The number of Topliss-reactive ketones (excluding diaryl/α,β-unsaturated/α-hetero) is 1. The van der Waals surface area contributed by atoms with Gasteiger partial charge in [-0.05, 0) is 70.8 Å². The predicted molar refractivity (Wildman–Crippen MR) is 147 cm³/mol. The molecule has 188 valence electrons. The van der Waals surface area contributed by atoms with E-state index in [4.69, 9.17) is 16.6 Å². The van der Waals surface area contributed by atoms with Gasteiger partial charge in [0.05, 0.1) is 5.69 Å². The van der Waals surface area contributed by atoms with E-state index >= 15 is 0 Å². The summed E-state index contributed by atoms with van der Waals surface area (Å²) in [7, 11) is 0. The molecular formula is C28H23ClFN3O2S2. The minimum atomic E-state index is -1.20. The van der Waals surface area contributed by atoms with Gasteiger partial charge in [0.15, 0.2) is 5.78 Å². The van der Waals surface area contributed by atoms with Gasteiger partial charge < -0.3 is 5.32 Å². The molecule has 37 heavy (non-hydrogen) atoms. The van der Waals surface area contributed by atoms with Crippen LogP contribution in [0.3, 0.4) is 0 Å². The largest absolute Gasteiger partial charge is 0.364 e. The van der Waals surface area contributed by atoms with Crippen LogP contribution >= 0.6 is 35.8 Å². The summed E-state index contributed by atoms with van der Waals surface area (Å²) in [4.78, 5) is 32.2. The van der Waals surface area contributed by atoms with E-state index in [1.54, 1.807) is 42.5 Å². The van der Waals surface area contributed by atoms with E-state index in [1.807, 2.05) is 35.9 Å². The number of carbonyl (C=O) groups excluding carboxylic acids is 2. The van der Waals surface area contributed by atoms with Gasteiger partial charge in [-0.2, -0.15) is 11.3 Å². The van der Waals surface area contributed by atoms with Crippen LogP contribution in [-0.4, -0.2) is 21.0 Å². The zero-order valence-electron chi connectivity index (χ0n) is 19.8. The molecule has 1 saturated heterocycles. The van der Waals surface area contributed by atoms with Crippen molar-refractivity contribution in [2.24, 2.45) is 0 Å². The highest BCUT2D eigenvalue weighted by atomic mass is 35.5.